The summed E-state index contributed by atoms with van der Waals surface area (Å²) >= 11 is 0. The van der Waals surface area contributed by atoms with Crippen molar-refractivity contribution in [2.45, 2.75) is 45.7 Å². The first-order valence-electron chi connectivity index (χ1n) is 6.79. The molecular formula is C16H20FNO2. The molecule has 0 saturated heterocycles. The van der Waals surface area contributed by atoms with Crippen LogP contribution < -0.4 is 4.90 Å². The van der Waals surface area contributed by atoms with E-state index in [2.05, 4.69) is 0 Å². The van der Waals surface area contributed by atoms with Gasteiger partial charge in [0.25, 0.3) is 0 Å². The summed E-state index contributed by atoms with van der Waals surface area (Å²) in [5.41, 5.74) is 2.10. The van der Waals surface area contributed by atoms with Crippen molar-refractivity contribution in [3.8, 4) is 0 Å². The summed E-state index contributed by atoms with van der Waals surface area (Å²) in [6.45, 7) is 7.74. The van der Waals surface area contributed by atoms with Crippen molar-refractivity contribution in [1.29, 1.82) is 0 Å². The molecule has 0 spiro atoms. The quantitative estimate of drug-likeness (QED) is 0.916. The Balaban J connectivity index is 2.65. The Morgan fingerprint density at radius 1 is 1.45 bits per heavy atom. The molecule has 3 nitrogen and oxygen atoms in total. The standard InChI is InChI=1S/C16H20FNO2/c1-5-13(15(19)20)18-14-7-6-11(17)8-12(14)10(2)9-16(18,3)4/h6-9,13H,5H2,1-4H3,(H,19,20)/t13-/m1/s1. The van der Waals surface area contributed by atoms with E-state index in [0.29, 0.717) is 6.42 Å². The Bertz CT molecular complexity index is 578. The zero-order valence-electron chi connectivity index (χ0n) is 12.3. The van der Waals surface area contributed by atoms with Crippen LogP contribution in [-0.2, 0) is 4.79 Å². The van der Waals surface area contributed by atoms with E-state index in [-0.39, 0.29) is 5.82 Å². The topological polar surface area (TPSA) is 40.5 Å². The van der Waals surface area contributed by atoms with Gasteiger partial charge in [-0.25, -0.2) is 9.18 Å². The van der Waals surface area contributed by atoms with Gasteiger partial charge in [-0.1, -0.05) is 13.0 Å². The fourth-order valence-electron chi connectivity index (χ4n) is 3.06. The summed E-state index contributed by atoms with van der Waals surface area (Å²) in [6.07, 6.45) is 2.49. The van der Waals surface area contributed by atoms with E-state index < -0.39 is 17.6 Å². The molecule has 0 fully saturated rings. The minimum Gasteiger partial charge on any atom is -0.480 e. The average Bonchev–Trinajstić information content (AvgIpc) is 2.33. The maximum atomic E-state index is 13.5. The number of carbonyl (C=O) groups is 1. The van der Waals surface area contributed by atoms with Crippen molar-refractivity contribution in [2.24, 2.45) is 0 Å². The van der Waals surface area contributed by atoms with Crippen molar-refractivity contribution in [3.63, 3.8) is 0 Å². The number of halogens is 1. The maximum absolute atomic E-state index is 13.5. The van der Waals surface area contributed by atoms with Crippen molar-refractivity contribution in [3.05, 3.63) is 35.7 Å². The van der Waals surface area contributed by atoms with Gasteiger partial charge in [0.15, 0.2) is 0 Å². The number of benzene rings is 1. The van der Waals surface area contributed by atoms with Gasteiger partial charge in [0, 0.05) is 11.3 Å². The SMILES string of the molecule is CC[C@H](C(=O)O)N1c2ccc(F)cc2C(C)=CC1(C)C. The smallest absolute Gasteiger partial charge is 0.326 e. The van der Waals surface area contributed by atoms with Gasteiger partial charge in [0.2, 0.25) is 0 Å². The van der Waals surface area contributed by atoms with Gasteiger partial charge in [-0.05, 0) is 51.0 Å². The third kappa shape index (κ3) is 2.30. The summed E-state index contributed by atoms with van der Waals surface area (Å²) in [4.78, 5) is 13.4. The predicted octanol–water partition coefficient (Wildman–Crippen LogP) is 3.69. The van der Waals surface area contributed by atoms with Crippen LogP contribution in [0.4, 0.5) is 10.1 Å². The van der Waals surface area contributed by atoms with Crippen molar-refractivity contribution >= 4 is 17.2 Å². The fraction of sp³-hybridized carbons (Fsp3) is 0.438. The molecule has 2 rings (SSSR count). The normalized spacial score (nSPS) is 18.2. The number of carboxylic acids is 1. The van der Waals surface area contributed by atoms with Crippen molar-refractivity contribution in [2.75, 3.05) is 4.90 Å². The fourth-order valence-corrected chi connectivity index (χ4v) is 3.06. The molecule has 1 heterocycles. The molecule has 0 amide bonds. The maximum Gasteiger partial charge on any atom is 0.326 e. The van der Waals surface area contributed by atoms with Crippen LogP contribution in [0.3, 0.4) is 0 Å². The van der Waals surface area contributed by atoms with Gasteiger partial charge in [0.1, 0.15) is 11.9 Å². The molecule has 0 aliphatic carbocycles. The van der Waals surface area contributed by atoms with Crippen LogP contribution in [0.25, 0.3) is 5.57 Å². The summed E-state index contributed by atoms with van der Waals surface area (Å²) in [5, 5.41) is 9.47. The molecule has 4 heteroatoms. The van der Waals surface area contributed by atoms with Gasteiger partial charge in [-0.2, -0.15) is 0 Å². The van der Waals surface area contributed by atoms with E-state index in [4.69, 9.17) is 0 Å². The van der Waals surface area contributed by atoms with Crippen LogP contribution in [-0.4, -0.2) is 22.7 Å². The van der Waals surface area contributed by atoms with Gasteiger partial charge >= 0.3 is 5.97 Å². The van der Waals surface area contributed by atoms with E-state index in [1.165, 1.54) is 12.1 Å². The van der Waals surface area contributed by atoms with Crippen LogP contribution in [0.15, 0.2) is 24.3 Å². The molecule has 1 atom stereocenters. The number of nitrogens with zero attached hydrogens (tertiary/aromatic N) is 1. The number of hydrogen-bond acceptors (Lipinski definition) is 2. The Morgan fingerprint density at radius 2 is 2.10 bits per heavy atom. The molecule has 0 bridgehead atoms. The number of anilines is 1. The van der Waals surface area contributed by atoms with E-state index in [9.17, 15) is 14.3 Å². The molecule has 1 aromatic rings. The lowest BCUT2D eigenvalue weighted by molar-refractivity contribution is -0.139. The molecule has 0 radical (unpaired) electrons. The zero-order chi connectivity index (χ0) is 15.1. The zero-order valence-corrected chi connectivity index (χ0v) is 12.3. The first kappa shape index (κ1) is 14.6. The number of fused-ring (bicyclic) bond motifs is 1. The highest BCUT2D eigenvalue weighted by molar-refractivity contribution is 5.86. The average molecular weight is 277 g/mol. The van der Waals surface area contributed by atoms with E-state index >= 15 is 0 Å². The Kier molecular flexibility index (Phi) is 3.59. The number of hydrogen-bond donors (Lipinski definition) is 1. The molecule has 108 valence electrons. The molecule has 0 aromatic heterocycles. The summed E-state index contributed by atoms with van der Waals surface area (Å²) < 4.78 is 13.5. The molecule has 0 saturated carbocycles. The van der Waals surface area contributed by atoms with Gasteiger partial charge in [-0.3, -0.25) is 0 Å². The lowest BCUT2D eigenvalue weighted by Gasteiger charge is -2.46. The summed E-state index contributed by atoms with van der Waals surface area (Å²) in [7, 11) is 0. The van der Waals surface area contributed by atoms with Gasteiger partial charge in [-0.15, -0.1) is 0 Å². The highest BCUT2D eigenvalue weighted by Gasteiger charge is 2.38. The third-order valence-electron chi connectivity index (χ3n) is 3.82. The predicted molar refractivity (Wildman–Crippen MR) is 78.3 cm³/mol. The van der Waals surface area contributed by atoms with Crippen LogP contribution in [0.5, 0.6) is 0 Å². The second-order valence-corrected chi connectivity index (χ2v) is 5.77. The van der Waals surface area contributed by atoms with E-state index in [0.717, 1.165) is 16.8 Å². The summed E-state index contributed by atoms with van der Waals surface area (Å²) in [5.74, 6) is -1.16. The largest absolute Gasteiger partial charge is 0.480 e. The first-order valence-corrected chi connectivity index (χ1v) is 6.79. The number of aliphatic carboxylic acids is 1. The minimum atomic E-state index is -0.858. The van der Waals surface area contributed by atoms with Crippen molar-refractivity contribution in [1.82, 2.24) is 0 Å². The molecule has 1 aromatic carbocycles. The van der Waals surface area contributed by atoms with E-state index in [1.807, 2.05) is 38.7 Å². The van der Waals surface area contributed by atoms with E-state index in [1.54, 1.807) is 6.07 Å². The Hall–Kier alpha value is -1.84. The summed E-state index contributed by atoms with van der Waals surface area (Å²) in [6, 6.07) is 3.90. The number of carboxylic acid groups (broad SMARTS) is 1. The van der Waals surface area contributed by atoms with Crippen LogP contribution >= 0.6 is 0 Å². The monoisotopic (exact) mass is 277 g/mol. The Morgan fingerprint density at radius 3 is 2.65 bits per heavy atom. The molecule has 1 N–H and O–H groups in total. The molecular weight excluding hydrogens is 257 g/mol. The first-order chi connectivity index (χ1) is 9.27. The van der Waals surface area contributed by atoms with Crippen LogP contribution in [0.2, 0.25) is 0 Å². The highest BCUT2D eigenvalue weighted by Crippen LogP contribution is 2.40. The number of rotatable bonds is 3. The second-order valence-electron chi connectivity index (χ2n) is 5.77. The molecule has 1 aliphatic rings. The van der Waals surface area contributed by atoms with Crippen LogP contribution in [0.1, 0.15) is 39.7 Å². The lowest BCUT2D eigenvalue weighted by Crippen LogP contribution is -2.54. The number of allylic oxidation sites excluding steroid dienone is 1. The molecule has 20 heavy (non-hydrogen) atoms. The van der Waals surface area contributed by atoms with Crippen LogP contribution in [0, 0.1) is 5.82 Å². The van der Waals surface area contributed by atoms with Gasteiger partial charge in [0.05, 0.1) is 5.54 Å². The second kappa shape index (κ2) is 4.93. The van der Waals surface area contributed by atoms with Gasteiger partial charge < -0.3 is 10.0 Å². The highest BCUT2D eigenvalue weighted by atomic mass is 19.1. The Labute approximate surface area is 118 Å². The molecule has 0 unspecified atom stereocenters. The lowest BCUT2D eigenvalue weighted by atomic mass is 9.87. The third-order valence-corrected chi connectivity index (χ3v) is 3.82. The minimum absolute atomic E-state index is 0.306. The van der Waals surface area contributed by atoms with Crippen molar-refractivity contribution < 1.29 is 14.3 Å². The molecule has 1 aliphatic heterocycles.